The molecular formula is C22H23N3O5. The molecule has 8 heteroatoms. The SMILES string of the molecule is CC(Cc1cccc(C#N)c1)(NC(=O)CN)c1ccccc1.O=C(O)C=CC(=O)O. The zero-order valence-corrected chi connectivity index (χ0v) is 16.4. The average Bonchev–Trinajstić information content (AvgIpc) is 2.73. The van der Waals surface area contributed by atoms with Gasteiger partial charge in [0.2, 0.25) is 5.91 Å². The lowest BCUT2D eigenvalue weighted by Crippen LogP contribution is -2.47. The van der Waals surface area contributed by atoms with Crippen molar-refractivity contribution in [2.75, 3.05) is 6.54 Å². The van der Waals surface area contributed by atoms with Gasteiger partial charge in [-0.05, 0) is 36.6 Å². The van der Waals surface area contributed by atoms with Gasteiger partial charge in [0, 0.05) is 12.2 Å². The number of rotatable bonds is 7. The number of hydrogen-bond acceptors (Lipinski definition) is 5. The standard InChI is InChI=1S/C18H19N3O.C4H4O4/c1-18(21-17(22)13-20,16-8-3-2-4-9-16)11-14-6-5-7-15(10-14)12-19;5-3(6)1-2-4(7)8/h2-10H,11,13,20H2,1H3,(H,21,22);1-2H,(H,5,6)(H,7,8). The first-order valence-corrected chi connectivity index (χ1v) is 8.89. The third-order valence-electron chi connectivity index (χ3n) is 3.99. The summed E-state index contributed by atoms with van der Waals surface area (Å²) in [5, 5.41) is 27.6. The Kier molecular flexibility index (Phi) is 9.46. The van der Waals surface area contributed by atoms with Gasteiger partial charge >= 0.3 is 11.9 Å². The Labute approximate surface area is 174 Å². The molecule has 0 spiro atoms. The molecule has 2 rings (SSSR count). The number of benzene rings is 2. The minimum Gasteiger partial charge on any atom is -0.478 e. The molecule has 8 nitrogen and oxygen atoms in total. The van der Waals surface area contributed by atoms with Gasteiger partial charge < -0.3 is 21.3 Å². The van der Waals surface area contributed by atoms with Crippen LogP contribution in [0.1, 0.15) is 23.6 Å². The molecule has 0 aliphatic rings. The van der Waals surface area contributed by atoms with E-state index in [1.54, 1.807) is 6.07 Å². The largest absolute Gasteiger partial charge is 0.478 e. The zero-order chi connectivity index (χ0) is 22.6. The van der Waals surface area contributed by atoms with E-state index < -0.39 is 17.5 Å². The van der Waals surface area contributed by atoms with E-state index in [-0.39, 0.29) is 12.5 Å². The molecule has 0 fully saturated rings. The maximum absolute atomic E-state index is 11.8. The first kappa shape index (κ1) is 24.1. The topological polar surface area (TPSA) is 154 Å². The Balaban J connectivity index is 0.000000479. The minimum atomic E-state index is -1.26. The molecule has 0 bridgehead atoms. The quantitative estimate of drug-likeness (QED) is 0.508. The summed E-state index contributed by atoms with van der Waals surface area (Å²) in [7, 11) is 0. The van der Waals surface area contributed by atoms with Crippen molar-refractivity contribution < 1.29 is 24.6 Å². The van der Waals surface area contributed by atoms with Crippen molar-refractivity contribution in [3.63, 3.8) is 0 Å². The van der Waals surface area contributed by atoms with Crippen molar-refractivity contribution in [3.8, 4) is 6.07 Å². The lowest BCUT2D eigenvalue weighted by atomic mass is 9.85. The number of nitrogens with zero attached hydrogens (tertiary/aromatic N) is 1. The van der Waals surface area contributed by atoms with Gasteiger partial charge in [-0.2, -0.15) is 5.26 Å². The molecule has 0 saturated heterocycles. The summed E-state index contributed by atoms with van der Waals surface area (Å²) in [6.45, 7) is 1.91. The summed E-state index contributed by atoms with van der Waals surface area (Å²) in [5.74, 6) is -2.72. The molecule has 1 amide bonds. The van der Waals surface area contributed by atoms with Crippen molar-refractivity contribution in [3.05, 3.63) is 83.4 Å². The first-order chi connectivity index (χ1) is 14.2. The number of carboxylic acid groups (broad SMARTS) is 2. The van der Waals surface area contributed by atoms with Crippen molar-refractivity contribution in [2.45, 2.75) is 18.9 Å². The Morgan fingerprint density at radius 3 is 2.17 bits per heavy atom. The van der Waals surface area contributed by atoms with Gasteiger partial charge in [-0.3, -0.25) is 4.79 Å². The molecule has 30 heavy (non-hydrogen) atoms. The van der Waals surface area contributed by atoms with Crippen LogP contribution in [0.5, 0.6) is 0 Å². The van der Waals surface area contributed by atoms with E-state index in [1.165, 1.54) is 0 Å². The third kappa shape index (κ3) is 8.37. The van der Waals surface area contributed by atoms with Crippen LogP contribution in [0.2, 0.25) is 0 Å². The number of nitriles is 1. The molecule has 0 heterocycles. The second kappa shape index (κ2) is 11.8. The Hall–Kier alpha value is -3.96. The molecule has 0 aromatic heterocycles. The minimum absolute atomic E-state index is 0.0549. The second-order valence-electron chi connectivity index (χ2n) is 6.45. The Morgan fingerprint density at radius 2 is 1.67 bits per heavy atom. The van der Waals surface area contributed by atoms with Gasteiger partial charge in [0.1, 0.15) is 0 Å². The number of aliphatic carboxylic acids is 2. The van der Waals surface area contributed by atoms with Crippen molar-refractivity contribution in [2.24, 2.45) is 5.73 Å². The van der Waals surface area contributed by atoms with Crippen LogP contribution in [0.15, 0.2) is 66.7 Å². The zero-order valence-electron chi connectivity index (χ0n) is 16.4. The summed E-state index contributed by atoms with van der Waals surface area (Å²) >= 11 is 0. The van der Waals surface area contributed by atoms with Gasteiger partial charge in [0.15, 0.2) is 0 Å². The fourth-order valence-electron chi connectivity index (χ4n) is 2.68. The van der Waals surface area contributed by atoms with E-state index in [4.69, 9.17) is 21.2 Å². The summed E-state index contributed by atoms with van der Waals surface area (Å²) < 4.78 is 0. The maximum Gasteiger partial charge on any atom is 0.328 e. The van der Waals surface area contributed by atoms with Crippen LogP contribution in [-0.2, 0) is 26.3 Å². The number of carbonyl (C=O) groups excluding carboxylic acids is 1. The molecule has 5 N–H and O–H groups in total. The highest BCUT2D eigenvalue weighted by atomic mass is 16.4. The lowest BCUT2D eigenvalue weighted by molar-refractivity contribution is -0.134. The van der Waals surface area contributed by atoms with Crippen LogP contribution in [0, 0.1) is 11.3 Å². The van der Waals surface area contributed by atoms with E-state index >= 15 is 0 Å². The summed E-state index contributed by atoms with van der Waals surface area (Å²) in [6.07, 6.45) is 1.70. The van der Waals surface area contributed by atoms with Gasteiger partial charge in [0.25, 0.3) is 0 Å². The lowest BCUT2D eigenvalue weighted by Gasteiger charge is -2.32. The van der Waals surface area contributed by atoms with Crippen LogP contribution in [0.4, 0.5) is 0 Å². The van der Waals surface area contributed by atoms with E-state index in [0.29, 0.717) is 24.1 Å². The van der Waals surface area contributed by atoms with E-state index in [9.17, 15) is 14.4 Å². The molecule has 1 atom stereocenters. The highest BCUT2D eigenvalue weighted by molar-refractivity contribution is 5.89. The number of hydrogen-bond donors (Lipinski definition) is 4. The van der Waals surface area contributed by atoms with E-state index in [0.717, 1.165) is 11.1 Å². The summed E-state index contributed by atoms with van der Waals surface area (Å²) in [4.78, 5) is 30.9. The normalized spacial score (nSPS) is 12.0. The van der Waals surface area contributed by atoms with Gasteiger partial charge in [0.05, 0.1) is 23.7 Å². The number of amides is 1. The second-order valence-corrected chi connectivity index (χ2v) is 6.45. The van der Waals surface area contributed by atoms with Crippen LogP contribution in [-0.4, -0.2) is 34.6 Å². The fourth-order valence-corrected chi connectivity index (χ4v) is 2.68. The predicted octanol–water partition coefficient (Wildman–Crippen LogP) is 1.80. The third-order valence-corrected chi connectivity index (χ3v) is 3.99. The van der Waals surface area contributed by atoms with Crippen LogP contribution in [0.3, 0.4) is 0 Å². The van der Waals surface area contributed by atoms with Gasteiger partial charge in [-0.1, -0.05) is 42.5 Å². The van der Waals surface area contributed by atoms with Crippen molar-refractivity contribution in [1.29, 1.82) is 5.26 Å². The van der Waals surface area contributed by atoms with Crippen molar-refractivity contribution >= 4 is 17.8 Å². The number of carbonyl (C=O) groups is 3. The van der Waals surface area contributed by atoms with Crippen LogP contribution >= 0.6 is 0 Å². The van der Waals surface area contributed by atoms with Crippen molar-refractivity contribution in [1.82, 2.24) is 5.32 Å². The Bertz CT molecular complexity index is 935. The molecular weight excluding hydrogens is 386 g/mol. The van der Waals surface area contributed by atoms with Gasteiger partial charge in [-0.25, -0.2) is 9.59 Å². The molecule has 0 saturated carbocycles. The smallest absolute Gasteiger partial charge is 0.328 e. The number of carboxylic acids is 2. The molecule has 2 aromatic rings. The number of nitrogens with one attached hydrogen (secondary N) is 1. The van der Waals surface area contributed by atoms with Gasteiger partial charge in [-0.15, -0.1) is 0 Å². The summed E-state index contributed by atoms with van der Waals surface area (Å²) in [6, 6.07) is 19.3. The van der Waals surface area contributed by atoms with E-state index in [2.05, 4.69) is 11.4 Å². The molecule has 2 aromatic carbocycles. The summed E-state index contributed by atoms with van der Waals surface area (Å²) in [5.41, 5.74) is 7.46. The first-order valence-electron chi connectivity index (χ1n) is 8.89. The molecule has 0 aliphatic carbocycles. The van der Waals surface area contributed by atoms with Crippen LogP contribution < -0.4 is 11.1 Å². The Morgan fingerprint density at radius 1 is 1.07 bits per heavy atom. The molecule has 1 unspecified atom stereocenters. The van der Waals surface area contributed by atoms with Crippen LogP contribution in [0.25, 0.3) is 0 Å². The molecule has 156 valence electrons. The molecule has 0 aliphatic heterocycles. The average molecular weight is 409 g/mol. The van der Waals surface area contributed by atoms with E-state index in [1.807, 2.05) is 55.5 Å². The fraction of sp³-hybridized carbons (Fsp3) is 0.182. The molecule has 0 radical (unpaired) electrons. The highest BCUT2D eigenvalue weighted by Gasteiger charge is 2.28. The number of nitrogens with two attached hydrogens (primary N) is 1. The highest BCUT2D eigenvalue weighted by Crippen LogP contribution is 2.25. The maximum atomic E-state index is 11.8. The monoisotopic (exact) mass is 409 g/mol. The predicted molar refractivity (Wildman–Crippen MR) is 110 cm³/mol.